The van der Waals surface area contributed by atoms with Crippen LogP contribution < -0.4 is 3.53 Å². The maximum absolute atomic E-state index is 10.9. The lowest BCUT2D eigenvalue weighted by Gasteiger charge is -2.08. The first-order chi connectivity index (χ1) is 7.72. The van der Waals surface area contributed by atoms with Gasteiger partial charge < -0.3 is 10.1 Å². The van der Waals surface area contributed by atoms with Crippen LogP contribution in [0.4, 0.5) is 0 Å². The van der Waals surface area contributed by atoms with Crippen molar-refractivity contribution in [1.82, 2.24) is 8.51 Å². The smallest absolute Gasteiger partial charge is 0.321 e. The lowest BCUT2D eigenvalue weighted by atomic mass is 10.1. The van der Waals surface area contributed by atoms with E-state index in [4.69, 9.17) is 5.11 Å². The molecule has 2 aromatic rings. The zero-order valence-electron chi connectivity index (χ0n) is 8.40. The molecule has 0 saturated heterocycles. The topological polar surface area (TPSA) is 65.1 Å². The van der Waals surface area contributed by atoms with Gasteiger partial charge in [0.1, 0.15) is 6.04 Å². The highest BCUT2D eigenvalue weighted by Crippen LogP contribution is 2.19. The molecule has 1 aromatic carbocycles. The summed E-state index contributed by atoms with van der Waals surface area (Å²) in [5, 5.41) is 10.1. The van der Waals surface area contributed by atoms with Crippen LogP contribution in [0.15, 0.2) is 30.5 Å². The summed E-state index contributed by atoms with van der Waals surface area (Å²) in [6.07, 6.45) is 2.34. The van der Waals surface area contributed by atoms with Gasteiger partial charge in [0.15, 0.2) is 0 Å². The molecular formula is C11H11IN2O2. The molecule has 0 aliphatic rings. The second kappa shape index (κ2) is 4.84. The molecular weight excluding hydrogens is 319 g/mol. The number of rotatable bonds is 4. The summed E-state index contributed by atoms with van der Waals surface area (Å²) in [6.45, 7) is 0. The Kier molecular flexibility index (Phi) is 3.45. The van der Waals surface area contributed by atoms with Crippen molar-refractivity contribution < 1.29 is 9.90 Å². The van der Waals surface area contributed by atoms with Gasteiger partial charge in [-0.15, -0.1) is 0 Å². The maximum Gasteiger partial charge on any atom is 0.321 e. The number of hydrogen-bond acceptors (Lipinski definition) is 2. The van der Waals surface area contributed by atoms with Crippen molar-refractivity contribution in [2.45, 2.75) is 12.5 Å². The molecule has 0 aliphatic heterocycles. The fourth-order valence-electron chi connectivity index (χ4n) is 1.69. The van der Waals surface area contributed by atoms with Crippen molar-refractivity contribution in [3.63, 3.8) is 0 Å². The van der Waals surface area contributed by atoms with Crippen LogP contribution in [-0.2, 0) is 11.2 Å². The van der Waals surface area contributed by atoms with Gasteiger partial charge in [-0.25, -0.2) is 3.53 Å². The zero-order chi connectivity index (χ0) is 11.5. The summed E-state index contributed by atoms with van der Waals surface area (Å²) in [6, 6.07) is 7.32. The molecule has 1 aromatic heterocycles. The van der Waals surface area contributed by atoms with Crippen molar-refractivity contribution >= 4 is 39.7 Å². The number of benzene rings is 1. The predicted octanol–water partition coefficient (Wildman–Crippen LogP) is 2.10. The summed E-state index contributed by atoms with van der Waals surface area (Å²) in [5.74, 6) is -0.834. The first-order valence-corrected chi connectivity index (χ1v) is 5.94. The Bertz CT molecular complexity index is 509. The number of aromatic nitrogens is 1. The van der Waals surface area contributed by atoms with Crippen LogP contribution in [0.5, 0.6) is 0 Å². The molecule has 1 unspecified atom stereocenters. The molecule has 4 nitrogen and oxygen atoms in total. The Morgan fingerprint density at radius 2 is 2.25 bits per heavy atom. The Morgan fingerprint density at radius 3 is 2.94 bits per heavy atom. The lowest BCUT2D eigenvalue weighted by Crippen LogP contribution is -2.32. The normalized spacial score (nSPS) is 12.8. The minimum Gasteiger partial charge on any atom is -0.480 e. The number of para-hydroxylation sites is 1. The molecule has 0 fully saturated rings. The van der Waals surface area contributed by atoms with E-state index in [0.717, 1.165) is 16.5 Å². The van der Waals surface area contributed by atoms with Gasteiger partial charge in [-0.05, 0) is 11.6 Å². The molecule has 0 spiro atoms. The number of halogens is 1. The highest BCUT2D eigenvalue weighted by Gasteiger charge is 2.17. The van der Waals surface area contributed by atoms with Gasteiger partial charge in [-0.1, -0.05) is 18.2 Å². The molecule has 1 heterocycles. The zero-order valence-corrected chi connectivity index (χ0v) is 10.6. The van der Waals surface area contributed by atoms with Crippen LogP contribution in [0.3, 0.4) is 0 Å². The van der Waals surface area contributed by atoms with Crippen LogP contribution >= 0.6 is 22.9 Å². The minimum absolute atomic E-state index is 0.474. The van der Waals surface area contributed by atoms with Crippen LogP contribution in [0.25, 0.3) is 10.9 Å². The van der Waals surface area contributed by atoms with Gasteiger partial charge in [-0.3, -0.25) is 4.79 Å². The molecule has 2 rings (SSSR count). The average molecular weight is 330 g/mol. The van der Waals surface area contributed by atoms with E-state index in [-0.39, 0.29) is 0 Å². The SMILES string of the molecule is O=C(O)C(Cc1c[nH]c2ccccc12)NI. The van der Waals surface area contributed by atoms with Crippen LogP contribution in [0, 0.1) is 0 Å². The number of fused-ring (bicyclic) bond motifs is 1. The quantitative estimate of drug-likeness (QED) is 0.594. The standard InChI is InChI=1S/C11H11IN2O2/c12-14-10(11(15)16)5-7-6-13-9-4-2-1-3-8(7)9/h1-4,6,10,13-14H,5H2,(H,15,16). The third kappa shape index (κ3) is 2.19. The minimum atomic E-state index is -0.834. The molecule has 0 aliphatic carbocycles. The largest absolute Gasteiger partial charge is 0.480 e. The first kappa shape index (κ1) is 11.4. The number of H-pyrrole nitrogens is 1. The molecule has 3 N–H and O–H groups in total. The van der Waals surface area contributed by atoms with Gasteiger partial charge in [0, 0.05) is 46.4 Å². The number of carbonyl (C=O) groups is 1. The fourth-order valence-corrected chi connectivity index (χ4v) is 2.18. The predicted molar refractivity (Wildman–Crippen MR) is 70.6 cm³/mol. The molecule has 1 atom stereocenters. The van der Waals surface area contributed by atoms with Crippen molar-refractivity contribution in [2.75, 3.05) is 0 Å². The molecule has 0 amide bonds. The number of carboxylic acid groups (broad SMARTS) is 1. The van der Waals surface area contributed by atoms with E-state index >= 15 is 0 Å². The second-order valence-electron chi connectivity index (χ2n) is 3.56. The van der Waals surface area contributed by atoms with Crippen molar-refractivity contribution in [2.24, 2.45) is 0 Å². The average Bonchev–Trinajstić information content (AvgIpc) is 2.69. The highest BCUT2D eigenvalue weighted by molar-refractivity contribution is 14.1. The molecule has 5 heteroatoms. The monoisotopic (exact) mass is 330 g/mol. The third-order valence-electron chi connectivity index (χ3n) is 2.53. The number of carboxylic acids is 1. The third-order valence-corrected chi connectivity index (χ3v) is 3.28. The van der Waals surface area contributed by atoms with E-state index in [1.54, 1.807) is 0 Å². The summed E-state index contributed by atoms with van der Waals surface area (Å²) >= 11 is 1.87. The maximum atomic E-state index is 10.9. The summed E-state index contributed by atoms with van der Waals surface area (Å²) < 4.78 is 2.76. The van der Waals surface area contributed by atoms with E-state index < -0.39 is 12.0 Å². The van der Waals surface area contributed by atoms with E-state index in [1.165, 1.54) is 0 Å². The second-order valence-corrected chi connectivity index (χ2v) is 4.19. The number of aromatic amines is 1. The van der Waals surface area contributed by atoms with E-state index in [0.29, 0.717) is 6.42 Å². The molecule has 0 radical (unpaired) electrons. The fraction of sp³-hybridized carbons (Fsp3) is 0.182. The summed E-state index contributed by atoms with van der Waals surface area (Å²) in [4.78, 5) is 14.0. The molecule has 84 valence electrons. The summed E-state index contributed by atoms with van der Waals surface area (Å²) in [5.41, 5.74) is 2.06. The van der Waals surface area contributed by atoms with Gasteiger partial charge in [-0.2, -0.15) is 0 Å². The Hall–Kier alpha value is -1.08. The number of hydrogen-bond donors (Lipinski definition) is 3. The molecule has 0 saturated carbocycles. The van der Waals surface area contributed by atoms with E-state index in [9.17, 15) is 4.79 Å². The van der Waals surface area contributed by atoms with Crippen molar-refractivity contribution in [1.29, 1.82) is 0 Å². The van der Waals surface area contributed by atoms with Gasteiger partial charge >= 0.3 is 5.97 Å². The van der Waals surface area contributed by atoms with Crippen molar-refractivity contribution in [3.8, 4) is 0 Å². The highest BCUT2D eigenvalue weighted by atomic mass is 127. The molecule has 0 bridgehead atoms. The van der Waals surface area contributed by atoms with Crippen LogP contribution in [0.1, 0.15) is 5.56 Å². The number of aliphatic carboxylic acids is 1. The van der Waals surface area contributed by atoms with Crippen LogP contribution in [-0.4, -0.2) is 22.1 Å². The first-order valence-electron chi connectivity index (χ1n) is 4.86. The summed E-state index contributed by atoms with van der Waals surface area (Å²) in [7, 11) is 0. The van der Waals surface area contributed by atoms with Gasteiger partial charge in [0.05, 0.1) is 0 Å². The Morgan fingerprint density at radius 1 is 1.50 bits per heavy atom. The molecule has 16 heavy (non-hydrogen) atoms. The Labute approximate surface area is 107 Å². The van der Waals surface area contributed by atoms with E-state index in [2.05, 4.69) is 8.51 Å². The van der Waals surface area contributed by atoms with Gasteiger partial charge in [0.2, 0.25) is 0 Å². The van der Waals surface area contributed by atoms with E-state index in [1.807, 2.05) is 53.3 Å². The van der Waals surface area contributed by atoms with Crippen LogP contribution in [0.2, 0.25) is 0 Å². The van der Waals surface area contributed by atoms with Gasteiger partial charge in [0.25, 0.3) is 0 Å². The lowest BCUT2D eigenvalue weighted by molar-refractivity contribution is -0.138. The van der Waals surface area contributed by atoms with Crippen molar-refractivity contribution in [3.05, 3.63) is 36.0 Å². The number of nitrogens with one attached hydrogen (secondary N) is 2. The Balaban J connectivity index is 2.30.